The van der Waals surface area contributed by atoms with Gasteiger partial charge in [0, 0.05) is 28.9 Å². The van der Waals surface area contributed by atoms with Gasteiger partial charge in [-0.05, 0) is 5.92 Å². The fraction of sp³-hybridized carbons (Fsp3) is 0.889. The summed E-state index contributed by atoms with van der Waals surface area (Å²) in [6.07, 6.45) is 0. The molecule has 0 aliphatic carbocycles. The molecule has 0 amide bonds. The molecule has 84 valence electrons. The molecule has 0 aliphatic heterocycles. The molecule has 0 aliphatic rings. The minimum atomic E-state index is -0.845. The highest BCUT2D eigenvalue weighted by molar-refractivity contribution is 7.84. The van der Waals surface area contributed by atoms with Crippen LogP contribution in [0.3, 0.4) is 0 Å². The zero-order valence-corrected chi connectivity index (χ0v) is 9.76. The van der Waals surface area contributed by atoms with E-state index in [9.17, 15) is 9.00 Å². The van der Waals surface area contributed by atoms with Crippen LogP contribution in [-0.4, -0.2) is 39.4 Å². The number of carboxylic acids is 1. The van der Waals surface area contributed by atoms with Gasteiger partial charge < -0.3 is 10.4 Å². The van der Waals surface area contributed by atoms with E-state index in [1.54, 1.807) is 0 Å². The molecule has 2 N–H and O–H groups in total. The van der Waals surface area contributed by atoms with Gasteiger partial charge in [-0.15, -0.1) is 0 Å². The van der Waals surface area contributed by atoms with Gasteiger partial charge in [-0.1, -0.05) is 20.8 Å². The van der Waals surface area contributed by atoms with Gasteiger partial charge in [0.05, 0.1) is 0 Å². The summed E-state index contributed by atoms with van der Waals surface area (Å²) in [6, 6.07) is -0.538. The molecule has 0 saturated heterocycles. The zero-order chi connectivity index (χ0) is 11.1. The molecule has 0 radical (unpaired) electrons. The van der Waals surface area contributed by atoms with E-state index in [1.165, 1.54) is 0 Å². The molecule has 0 heterocycles. The van der Waals surface area contributed by atoms with Crippen LogP contribution in [0.2, 0.25) is 0 Å². The molecular weight excluding hydrogens is 202 g/mol. The summed E-state index contributed by atoms with van der Waals surface area (Å²) in [5.41, 5.74) is 0. The summed E-state index contributed by atoms with van der Waals surface area (Å²) < 4.78 is 11.1. The molecule has 4 nitrogen and oxygen atoms in total. The lowest BCUT2D eigenvalue weighted by Gasteiger charge is -2.17. The lowest BCUT2D eigenvalue weighted by Crippen LogP contribution is -2.42. The zero-order valence-electron chi connectivity index (χ0n) is 8.95. The van der Waals surface area contributed by atoms with Crippen LogP contribution >= 0.6 is 0 Å². The Kier molecular flexibility index (Phi) is 6.74. The third kappa shape index (κ3) is 5.34. The first-order chi connectivity index (χ1) is 6.49. The van der Waals surface area contributed by atoms with Gasteiger partial charge in [-0.2, -0.15) is 0 Å². The van der Waals surface area contributed by atoms with Crippen LogP contribution in [0.1, 0.15) is 20.8 Å². The van der Waals surface area contributed by atoms with Crippen molar-refractivity contribution in [3.8, 4) is 0 Å². The normalized spacial score (nSPS) is 15.4. The number of rotatable bonds is 7. The van der Waals surface area contributed by atoms with Crippen LogP contribution in [0, 0.1) is 5.92 Å². The maximum Gasteiger partial charge on any atom is 0.320 e. The van der Waals surface area contributed by atoms with Gasteiger partial charge in [0.2, 0.25) is 0 Å². The Morgan fingerprint density at radius 3 is 2.43 bits per heavy atom. The van der Waals surface area contributed by atoms with Crippen LogP contribution in [0.5, 0.6) is 0 Å². The van der Waals surface area contributed by atoms with Crippen molar-refractivity contribution in [3.63, 3.8) is 0 Å². The van der Waals surface area contributed by atoms with E-state index in [0.29, 0.717) is 18.1 Å². The van der Waals surface area contributed by atoms with Crippen molar-refractivity contribution in [2.75, 3.05) is 18.1 Å². The van der Waals surface area contributed by atoms with Gasteiger partial charge in [-0.3, -0.25) is 9.00 Å². The lowest BCUT2D eigenvalue weighted by atomic mass is 10.1. The van der Waals surface area contributed by atoms with E-state index in [0.717, 1.165) is 0 Å². The van der Waals surface area contributed by atoms with Crippen LogP contribution < -0.4 is 5.32 Å². The van der Waals surface area contributed by atoms with Crippen LogP contribution in [0.15, 0.2) is 0 Å². The van der Waals surface area contributed by atoms with Crippen molar-refractivity contribution >= 4 is 16.8 Å². The number of hydrogen-bond acceptors (Lipinski definition) is 3. The maximum atomic E-state index is 11.1. The Bertz CT molecular complexity index is 206. The van der Waals surface area contributed by atoms with Crippen LogP contribution in [0.4, 0.5) is 0 Å². The van der Waals surface area contributed by atoms with Crippen molar-refractivity contribution in [2.45, 2.75) is 26.8 Å². The van der Waals surface area contributed by atoms with Gasteiger partial charge >= 0.3 is 5.97 Å². The van der Waals surface area contributed by atoms with Gasteiger partial charge in [0.25, 0.3) is 0 Å². The van der Waals surface area contributed by atoms with E-state index in [2.05, 4.69) is 5.32 Å². The molecule has 0 aromatic rings. The second kappa shape index (κ2) is 6.95. The van der Waals surface area contributed by atoms with Crippen molar-refractivity contribution < 1.29 is 14.1 Å². The Hall–Kier alpha value is -0.420. The molecule has 0 saturated carbocycles. The number of carboxylic acid groups (broad SMARTS) is 1. The summed E-state index contributed by atoms with van der Waals surface area (Å²) in [5.74, 6) is 0.346. The molecule has 0 aromatic heterocycles. The SMILES string of the molecule is CCS(=O)CCNC(C(=O)O)C(C)C. The Morgan fingerprint density at radius 1 is 1.50 bits per heavy atom. The molecule has 0 rings (SSSR count). The van der Waals surface area contributed by atoms with E-state index in [-0.39, 0.29) is 5.92 Å². The minimum Gasteiger partial charge on any atom is -0.480 e. The fourth-order valence-electron chi connectivity index (χ4n) is 1.08. The summed E-state index contributed by atoms with van der Waals surface area (Å²) in [4.78, 5) is 10.7. The Morgan fingerprint density at radius 2 is 2.07 bits per heavy atom. The second-order valence-corrected chi connectivity index (χ2v) is 5.31. The predicted molar refractivity (Wildman–Crippen MR) is 57.8 cm³/mol. The smallest absolute Gasteiger partial charge is 0.320 e. The first-order valence-corrected chi connectivity index (χ1v) is 6.29. The Labute approximate surface area is 87.5 Å². The van der Waals surface area contributed by atoms with Crippen LogP contribution in [-0.2, 0) is 15.6 Å². The average Bonchev–Trinajstić information content (AvgIpc) is 2.10. The summed E-state index contributed by atoms with van der Waals surface area (Å²) in [5, 5.41) is 11.7. The second-order valence-electron chi connectivity index (χ2n) is 3.45. The van der Waals surface area contributed by atoms with Gasteiger partial charge in [0.15, 0.2) is 0 Å². The number of nitrogens with one attached hydrogen (secondary N) is 1. The highest BCUT2D eigenvalue weighted by Gasteiger charge is 2.20. The molecule has 2 unspecified atom stereocenters. The standard InChI is InChI=1S/C9H19NO3S/c1-4-14(13)6-5-10-8(7(2)3)9(11)12/h7-8,10H,4-6H2,1-3H3,(H,11,12). The predicted octanol–water partition coefficient (Wildman–Crippen LogP) is 0.454. The van der Waals surface area contributed by atoms with Crippen molar-refractivity contribution in [3.05, 3.63) is 0 Å². The number of hydrogen-bond donors (Lipinski definition) is 2. The highest BCUT2D eigenvalue weighted by Crippen LogP contribution is 2.00. The lowest BCUT2D eigenvalue weighted by molar-refractivity contribution is -0.140. The van der Waals surface area contributed by atoms with Gasteiger partial charge in [0.1, 0.15) is 6.04 Å². The first kappa shape index (κ1) is 13.6. The van der Waals surface area contributed by atoms with Crippen molar-refractivity contribution in [2.24, 2.45) is 5.92 Å². The summed E-state index contributed by atoms with van der Waals surface area (Å²) in [6.45, 7) is 6.05. The summed E-state index contributed by atoms with van der Waals surface area (Å²) in [7, 11) is -0.825. The Balaban J connectivity index is 3.84. The molecule has 0 bridgehead atoms. The third-order valence-electron chi connectivity index (χ3n) is 1.95. The van der Waals surface area contributed by atoms with Crippen LogP contribution in [0.25, 0.3) is 0 Å². The van der Waals surface area contributed by atoms with E-state index in [4.69, 9.17) is 5.11 Å². The first-order valence-electron chi connectivity index (χ1n) is 4.80. The monoisotopic (exact) mass is 221 g/mol. The van der Waals surface area contributed by atoms with Gasteiger partial charge in [-0.25, -0.2) is 0 Å². The maximum absolute atomic E-state index is 11.1. The largest absolute Gasteiger partial charge is 0.480 e. The minimum absolute atomic E-state index is 0.0440. The molecule has 5 heteroatoms. The molecule has 0 aromatic carbocycles. The number of carbonyl (C=O) groups is 1. The highest BCUT2D eigenvalue weighted by atomic mass is 32.2. The topological polar surface area (TPSA) is 66.4 Å². The third-order valence-corrected chi connectivity index (χ3v) is 3.25. The van der Waals surface area contributed by atoms with E-state index in [1.807, 2.05) is 20.8 Å². The van der Waals surface area contributed by atoms with Crippen molar-refractivity contribution in [1.29, 1.82) is 0 Å². The quantitative estimate of drug-likeness (QED) is 0.655. The van der Waals surface area contributed by atoms with E-state index >= 15 is 0 Å². The molecular formula is C9H19NO3S. The molecule has 0 spiro atoms. The van der Waals surface area contributed by atoms with Crippen molar-refractivity contribution in [1.82, 2.24) is 5.32 Å². The molecule has 0 fully saturated rings. The molecule has 2 atom stereocenters. The summed E-state index contributed by atoms with van der Waals surface area (Å²) >= 11 is 0. The number of aliphatic carboxylic acids is 1. The van der Waals surface area contributed by atoms with E-state index < -0.39 is 22.8 Å². The molecule has 14 heavy (non-hydrogen) atoms. The fourth-order valence-corrected chi connectivity index (χ4v) is 1.71. The average molecular weight is 221 g/mol.